The van der Waals surface area contributed by atoms with Crippen LogP contribution in [0.25, 0.3) is 21.7 Å². The number of aryl methyl sites for hydroxylation is 2. The van der Waals surface area contributed by atoms with Gasteiger partial charge in [-0.05, 0) is 66.4 Å². The topological polar surface area (TPSA) is 82.5 Å². The van der Waals surface area contributed by atoms with Gasteiger partial charge < -0.3 is 15.1 Å². The summed E-state index contributed by atoms with van der Waals surface area (Å²) in [6, 6.07) is 27.7. The largest absolute Gasteiger partial charge is 0.325 e. The van der Waals surface area contributed by atoms with Crippen molar-refractivity contribution in [1.29, 1.82) is 0 Å². The molecule has 0 amide bonds. The van der Waals surface area contributed by atoms with E-state index in [1.54, 1.807) is 11.3 Å². The van der Waals surface area contributed by atoms with Gasteiger partial charge >= 0.3 is 7.60 Å². The van der Waals surface area contributed by atoms with Crippen molar-refractivity contribution < 1.29 is 14.4 Å². The zero-order chi connectivity index (χ0) is 24.5. The van der Waals surface area contributed by atoms with E-state index in [0.29, 0.717) is 19.5 Å². The Balaban J connectivity index is 1.42. The highest BCUT2D eigenvalue weighted by Gasteiger charge is 2.13. The molecule has 0 atom stereocenters. The number of hydrogen-bond acceptors (Lipinski definition) is 4. The van der Waals surface area contributed by atoms with E-state index < -0.39 is 7.60 Å². The molecule has 4 aromatic rings. The van der Waals surface area contributed by atoms with E-state index in [2.05, 4.69) is 77.4 Å². The third-order valence-electron chi connectivity index (χ3n) is 5.86. The maximum atomic E-state index is 11.0. The summed E-state index contributed by atoms with van der Waals surface area (Å²) in [5.74, 6) is 0. The molecular weight excluding hydrogens is 475 g/mol. The Bertz CT molecular complexity index is 1240. The summed E-state index contributed by atoms with van der Waals surface area (Å²) in [5.41, 5.74) is 6.85. The summed E-state index contributed by atoms with van der Waals surface area (Å²) in [4.78, 5) is 24.0. The molecule has 0 spiro atoms. The van der Waals surface area contributed by atoms with Crippen LogP contribution in [0, 0.1) is 0 Å². The van der Waals surface area contributed by atoms with E-state index in [9.17, 15) is 4.57 Å². The van der Waals surface area contributed by atoms with Crippen molar-refractivity contribution in [2.75, 3.05) is 12.7 Å². The van der Waals surface area contributed by atoms with E-state index in [1.165, 1.54) is 11.1 Å². The van der Waals surface area contributed by atoms with Gasteiger partial charge in [-0.2, -0.15) is 0 Å². The Kier molecular flexibility index (Phi) is 9.02. The van der Waals surface area contributed by atoms with E-state index in [1.807, 2.05) is 12.1 Å². The first-order chi connectivity index (χ1) is 17.0. The minimum absolute atomic E-state index is 0.102. The molecule has 0 aliphatic heterocycles. The molecular formula is C28H31N2O3PS. The fraction of sp³-hybridized carbons (Fsp3) is 0.250. The Labute approximate surface area is 211 Å². The van der Waals surface area contributed by atoms with Crippen molar-refractivity contribution in [3.8, 4) is 21.7 Å². The molecule has 2 aromatic carbocycles. The molecule has 0 bridgehead atoms. The molecule has 2 heterocycles. The highest BCUT2D eigenvalue weighted by atomic mass is 32.1. The highest BCUT2D eigenvalue weighted by molar-refractivity contribution is 7.51. The van der Waals surface area contributed by atoms with Crippen LogP contribution in [0.1, 0.15) is 29.7 Å². The summed E-state index contributed by atoms with van der Waals surface area (Å²) in [7, 11) is -3.94. The average Bonchev–Trinajstić information content (AvgIpc) is 3.39. The van der Waals surface area contributed by atoms with E-state index in [0.717, 1.165) is 46.7 Å². The van der Waals surface area contributed by atoms with Gasteiger partial charge in [0.15, 0.2) is 0 Å². The number of rotatable bonds is 12. The number of benzene rings is 2. The molecule has 2 aromatic heterocycles. The second kappa shape index (κ2) is 12.4. The molecule has 5 nitrogen and oxygen atoms in total. The Morgan fingerprint density at radius 2 is 1.57 bits per heavy atom. The number of pyridine rings is 1. The van der Waals surface area contributed by atoms with Crippen LogP contribution in [0.2, 0.25) is 0 Å². The monoisotopic (exact) mass is 506 g/mol. The predicted octanol–water partition coefficient (Wildman–Crippen LogP) is 6.31. The third-order valence-corrected chi connectivity index (χ3v) is 7.63. The van der Waals surface area contributed by atoms with E-state index >= 15 is 0 Å². The molecule has 0 saturated carbocycles. The lowest BCUT2D eigenvalue weighted by Crippen LogP contribution is -2.16. The van der Waals surface area contributed by atoms with Gasteiger partial charge in [-0.15, -0.1) is 11.3 Å². The van der Waals surface area contributed by atoms with Gasteiger partial charge in [0, 0.05) is 12.1 Å². The molecule has 3 N–H and O–H groups in total. The van der Waals surface area contributed by atoms with Gasteiger partial charge in [0.25, 0.3) is 0 Å². The maximum absolute atomic E-state index is 11.0. The lowest BCUT2D eigenvalue weighted by Gasteiger charge is -2.12. The second-order valence-corrected chi connectivity index (χ2v) is 11.4. The van der Waals surface area contributed by atoms with Gasteiger partial charge in [-0.1, -0.05) is 66.7 Å². The summed E-state index contributed by atoms with van der Waals surface area (Å²) in [6.45, 7) is 1.09. The minimum atomic E-state index is -3.94. The summed E-state index contributed by atoms with van der Waals surface area (Å²) >= 11 is 1.67. The van der Waals surface area contributed by atoms with Crippen molar-refractivity contribution in [3.63, 3.8) is 0 Å². The standard InChI is InChI=1S/C28H31N2O3PS/c31-34(32,33)19-6-18-29-21-25-16-17-26(28(30-25)27-11-5-20-35-27)24-14-12-23(13-15-24)10-4-9-22-7-2-1-3-8-22/h1-3,5,7-8,11-17,20,29H,4,6,9-10,18-19,21H2,(H2,31,32,33). The van der Waals surface area contributed by atoms with Crippen molar-refractivity contribution >= 4 is 18.9 Å². The second-order valence-electron chi connectivity index (χ2n) is 8.63. The Hall–Kier alpha value is -2.60. The normalized spacial score (nSPS) is 11.6. The van der Waals surface area contributed by atoms with Crippen LogP contribution >= 0.6 is 18.9 Å². The summed E-state index contributed by atoms with van der Waals surface area (Å²) in [5, 5.41) is 5.30. The van der Waals surface area contributed by atoms with Crippen molar-refractivity contribution in [2.45, 2.75) is 32.2 Å². The first kappa shape index (κ1) is 25.5. The Morgan fingerprint density at radius 3 is 2.26 bits per heavy atom. The lowest BCUT2D eigenvalue weighted by atomic mass is 9.98. The molecule has 0 aliphatic carbocycles. The van der Waals surface area contributed by atoms with Crippen LogP contribution in [0.4, 0.5) is 0 Å². The van der Waals surface area contributed by atoms with Crippen LogP contribution in [0.15, 0.2) is 84.2 Å². The molecule has 0 saturated heterocycles. The number of nitrogens with one attached hydrogen (secondary N) is 1. The average molecular weight is 507 g/mol. The first-order valence-corrected chi connectivity index (χ1v) is 14.6. The molecule has 0 fully saturated rings. The Morgan fingerprint density at radius 1 is 0.829 bits per heavy atom. The van der Waals surface area contributed by atoms with Gasteiger partial charge in [0.1, 0.15) is 0 Å². The van der Waals surface area contributed by atoms with E-state index in [4.69, 9.17) is 14.8 Å². The van der Waals surface area contributed by atoms with Crippen LogP contribution in [0.5, 0.6) is 0 Å². The quantitative estimate of drug-likeness (QED) is 0.155. The first-order valence-electron chi connectivity index (χ1n) is 11.9. The number of hydrogen-bond donors (Lipinski definition) is 3. The van der Waals surface area contributed by atoms with Gasteiger partial charge in [-0.3, -0.25) is 4.57 Å². The van der Waals surface area contributed by atoms with Gasteiger partial charge in [-0.25, -0.2) is 4.98 Å². The van der Waals surface area contributed by atoms with Crippen LogP contribution in [0.3, 0.4) is 0 Å². The van der Waals surface area contributed by atoms with Crippen molar-refractivity contribution in [2.24, 2.45) is 0 Å². The summed E-state index contributed by atoms with van der Waals surface area (Å²) < 4.78 is 11.0. The predicted molar refractivity (Wildman–Crippen MR) is 145 cm³/mol. The van der Waals surface area contributed by atoms with Crippen LogP contribution < -0.4 is 5.32 Å². The molecule has 0 radical (unpaired) electrons. The molecule has 0 aliphatic rings. The minimum Gasteiger partial charge on any atom is -0.324 e. The highest BCUT2D eigenvalue weighted by Crippen LogP contribution is 2.35. The number of aromatic nitrogens is 1. The lowest BCUT2D eigenvalue weighted by molar-refractivity contribution is 0.371. The fourth-order valence-electron chi connectivity index (χ4n) is 4.05. The van der Waals surface area contributed by atoms with Crippen LogP contribution in [-0.2, 0) is 24.0 Å². The van der Waals surface area contributed by atoms with E-state index in [-0.39, 0.29) is 6.16 Å². The molecule has 182 valence electrons. The zero-order valence-electron chi connectivity index (χ0n) is 19.6. The number of nitrogens with zero attached hydrogens (tertiary/aromatic N) is 1. The smallest absolute Gasteiger partial charge is 0.324 e. The third kappa shape index (κ3) is 7.96. The molecule has 7 heteroatoms. The molecule has 35 heavy (non-hydrogen) atoms. The SMILES string of the molecule is O=P(O)(O)CCCNCc1ccc(-c2ccc(CCCc3ccccc3)cc2)c(-c2cccs2)n1. The fourth-order valence-corrected chi connectivity index (χ4v) is 5.35. The van der Waals surface area contributed by atoms with Crippen molar-refractivity contribution in [1.82, 2.24) is 10.3 Å². The van der Waals surface area contributed by atoms with Gasteiger partial charge in [0.2, 0.25) is 0 Å². The van der Waals surface area contributed by atoms with Crippen molar-refractivity contribution in [3.05, 3.63) is 101 Å². The summed E-state index contributed by atoms with van der Waals surface area (Å²) in [6.07, 6.45) is 3.59. The van der Waals surface area contributed by atoms with Crippen LogP contribution in [-0.4, -0.2) is 27.5 Å². The molecule has 0 unspecified atom stereocenters. The molecule has 4 rings (SSSR count). The zero-order valence-corrected chi connectivity index (χ0v) is 21.3. The number of thiophene rings is 1. The van der Waals surface area contributed by atoms with Gasteiger partial charge in [0.05, 0.1) is 22.4 Å². The maximum Gasteiger partial charge on any atom is 0.325 e.